The van der Waals surface area contributed by atoms with Crippen molar-refractivity contribution in [1.29, 1.82) is 0 Å². The van der Waals surface area contributed by atoms with Crippen molar-refractivity contribution >= 4 is 17.2 Å². The maximum absolute atomic E-state index is 13.0. The predicted molar refractivity (Wildman–Crippen MR) is 95.6 cm³/mol. The molecule has 0 saturated carbocycles. The molecule has 1 aromatic heterocycles. The fourth-order valence-electron chi connectivity index (χ4n) is 2.92. The van der Waals surface area contributed by atoms with E-state index < -0.39 is 0 Å². The monoisotopic (exact) mass is 344 g/mol. The molecule has 0 spiro atoms. The van der Waals surface area contributed by atoms with Gasteiger partial charge in [-0.05, 0) is 49.2 Å². The van der Waals surface area contributed by atoms with Crippen molar-refractivity contribution in [3.8, 4) is 0 Å². The third-order valence-corrected chi connectivity index (χ3v) is 5.35. The third-order valence-electron chi connectivity index (χ3n) is 4.16. The van der Waals surface area contributed by atoms with E-state index in [1.165, 1.54) is 23.4 Å². The molecule has 1 aromatic carbocycles. The predicted octanol–water partition coefficient (Wildman–Crippen LogP) is 4.14. The summed E-state index contributed by atoms with van der Waals surface area (Å²) in [4.78, 5) is 16.5. The zero-order chi connectivity index (χ0) is 16.9. The van der Waals surface area contributed by atoms with Crippen LogP contribution in [0.25, 0.3) is 0 Å². The minimum atomic E-state index is -0.271. The Kier molecular flexibility index (Phi) is 5.43. The lowest BCUT2D eigenvalue weighted by atomic mass is 10.2. The number of nitrogens with zero attached hydrogens (tertiary/aromatic N) is 1. The summed E-state index contributed by atoms with van der Waals surface area (Å²) in [6.45, 7) is 5.69. The van der Waals surface area contributed by atoms with E-state index in [0.29, 0.717) is 19.1 Å². The van der Waals surface area contributed by atoms with Gasteiger partial charge in [0.25, 0.3) is 5.91 Å². The Morgan fingerprint density at radius 3 is 2.79 bits per heavy atom. The lowest BCUT2D eigenvalue weighted by Crippen LogP contribution is -2.30. The highest BCUT2D eigenvalue weighted by Gasteiger charge is 2.22. The molecule has 0 bridgehead atoms. The lowest BCUT2D eigenvalue weighted by molar-refractivity contribution is 0.0767. The van der Waals surface area contributed by atoms with Crippen LogP contribution in [-0.2, 0) is 6.54 Å². The van der Waals surface area contributed by atoms with E-state index >= 15 is 0 Å². The minimum absolute atomic E-state index is 0.00604. The van der Waals surface area contributed by atoms with Crippen molar-refractivity contribution < 1.29 is 9.18 Å². The highest BCUT2D eigenvalue weighted by Crippen LogP contribution is 2.30. The Morgan fingerprint density at radius 1 is 1.33 bits per heavy atom. The number of hydrogen-bond acceptors (Lipinski definition) is 3. The van der Waals surface area contributed by atoms with Crippen LogP contribution < -0.4 is 5.32 Å². The molecular weight excluding hydrogens is 323 g/mol. The molecule has 1 amide bonds. The summed E-state index contributed by atoms with van der Waals surface area (Å²) in [5.74, 6) is -0.277. The van der Waals surface area contributed by atoms with Gasteiger partial charge in [-0.25, -0.2) is 4.39 Å². The second-order valence-corrected chi connectivity index (χ2v) is 7.07. The van der Waals surface area contributed by atoms with Gasteiger partial charge in [-0.3, -0.25) is 4.79 Å². The van der Waals surface area contributed by atoms with Gasteiger partial charge in [-0.2, -0.15) is 0 Å². The van der Waals surface area contributed by atoms with E-state index in [-0.39, 0.29) is 11.7 Å². The first-order chi connectivity index (χ1) is 11.7. The van der Waals surface area contributed by atoms with Crippen molar-refractivity contribution in [3.63, 3.8) is 0 Å². The Hall–Kier alpha value is -1.98. The molecule has 126 valence electrons. The Morgan fingerprint density at radius 2 is 2.12 bits per heavy atom. The largest absolute Gasteiger partial charge is 0.330 e. The van der Waals surface area contributed by atoms with Gasteiger partial charge in [0.1, 0.15) is 5.82 Å². The first-order valence-electron chi connectivity index (χ1n) is 8.15. The summed E-state index contributed by atoms with van der Waals surface area (Å²) in [6.07, 6.45) is 4.02. The zero-order valence-electron chi connectivity index (χ0n) is 13.5. The SMILES string of the molecule is C=CCN(Cc1ccc(F)cc1)C(=O)c1ccc([C@@H]2CCCN2)s1. The van der Waals surface area contributed by atoms with E-state index in [9.17, 15) is 9.18 Å². The summed E-state index contributed by atoms with van der Waals surface area (Å²) in [5, 5.41) is 3.46. The van der Waals surface area contributed by atoms with Gasteiger partial charge in [-0.1, -0.05) is 18.2 Å². The van der Waals surface area contributed by atoms with Gasteiger partial charge < -0.3 is 10.2 Å². The molecule has 0 aliphatic carbocycles. The molecule has 2 aromatic rings. The summed E-state index contributed by atoms with van der Waals surface area (Å²) >= 11 is 1.56. The average molecular weight is 344 g/mol. The molecule has 24 heavy (non-hydrogen) atoms. The van der Waals surface area contributed by atoms with Crippen LogP contribution in [0.5, 0.6) is 0 Å². The Labute approximate surface area is 145 Å². The van der Waals surface area contributed by atoms with Crippen molar-refractivity contribution in [2.24, 2.45) is 0 Å². The lowest BCUT2D eigenvalue weighted by Gasteiger charge is -2.20. The fourth-order valence-corrected chi connectivity index (χ4v) is 4.01. The van der Waals surface area contributed by atoms with Crippen LogP contribution in [0.15, 0.2) is 49.1 Å². The van der Waals surface area contributed by atoms with Crippen LogP contribution >= 0.6 is 11.3 Å². The number of rotatable bonds is 6. The van der Waals surface area contributed by atoms with E-state index in [4.69, 9.17) is 0 Å². The van der Waals surface area contributed by atoms with Gasteiger partial charge in [0.2, 0.25) is 0 Å². The molecule has 1 fully saturated rings. The summed E-state index contributed by atoms with van der Waals surface area (Å²) < 4.78 is 13.0. The molecule has 1 aliphatic rings. The van der Waals surface area contributed by atoms with Gasteiger partial charge >= 0.3 is 0 Å². The molecule has 2 heterocycles. The second kappa shape index (κ2) is 7.73. The number of carbonyl (C=O) groups excluding carboxylic acids is 1. The molecule has 3 rings (SSSR count). The smallest absolute Gasteiger partial charge is 0.264 e. The molecule has 0 radical (unpaired) electrons. The summed E-state index contributed by atoms with van der Waals surface area (Å²) in [5.41, 5.74) is 0.904. The number of carbonyl (C=O) groups is 1. The topological polar surface area (TPSA) is 32.3 Å². The summed E-state index contributed by atoms with van der Waals surface area (Å²) in [6, 6.07) is 10.6. The van der Waals surface area contributed by atoms with Crippen LogP contribution in [-0.4, -0.2) is 23.9 Å². The number of benzene rings is 1. The van der Waals surface area contributed by atoms with Crippen LogP contribution in [0.1, 0.15) is 39.0 Å². The first kappa shape index (κ1) is 16.9. The van der Waals surface area contributed by atoms with E-state index in [2.05, 4.69) is 11.9 Å². The number of thiophene rings is 1. The molecule has 1 N–H and O–H groups in total. The molecule has 1 aliphatic heterocycles. The molecule has 0 unspecified atom stereocenters. The Bertz CT molecular complexity index is 704. The van der Waals surface area contributed by atoms with Crippen LogP contribution in [0.4, 0.5) is 4.39 Å². The van der Waals surface area contributed by atoms with Gasteiger partial charge in [0.15, 0.2) is 0 Å². The van der Waals surface area contributed by atoms with E-state index in [1.54, 1.807) is 34.4 Å². The first-order valence-corrected chi connectivity index (χ1v) is 8.97. The maximum atomic E-state index is 13.0. The van der Waals surface area contributed by atoms with E-state index in [1.807, 2.05) is 12.1 Å². The van der Waals surface area contributed by atoms with Gasteiger partial charge in [0, 0.05) is 24.0 Å². The van der Waals surface area contributed by atoms with Crippen LogP contribution in [0, 0.1) is 5.82 Å². The zero-order valence-corrected chi connectivity index (χ0v) is 14.3. The molecule has 1 atom stereocenters. The molecular formula is C19H21FN2OS. The number of hydrogen-bond donors (Lipinski definition) is 1. The minimum Gasteiger partial charge on any atom is -0.330 e. The standard InChI is InChI=1S/C19H21FN2OS/c1-2-12-22(13-14-5-7-15(20)8-6-14)19(23)18-10-9-17(24-18)16-4-3-11-21-16/h2,5-10,16,21H,1,3-4,11-13H2/t16-/m0/s1. The van der Waals surface area contributed by atoms with Crippen molar-refractivity contribution in [1.82, 2.24) is 10.2 Å². The van der Waals surface area contributed by atoms with Crippen molar-refractivity contribution in [2.75, 3.05) is 13.1 Å². The number of amides is 1. The highest BCUT2D eigenvalue weighted by molar-refractivity contribution is 7.14. The van der Waals surface area contributed by atoms with Crippen LogP contribution in [0.2, 0.25) is 0 Å². The number of nitrogens with one attached hydrogen (secondary N) is 1. The van der Waals surface area contributed by atoms with Crippen molar-refractivity contribution in [3.05, 3.63) is 70.2 Å². The second-order valence-electron chi connectivity index (χ2n) is 5.95. The van der Waals surface area contributed by atoms with Crippen molar-refractivity contribution in [2.45, 2.75) is 25.4 Å². The highest BCUT2D eigenvalue weighted by atomic mass is 32.1. The normalized spacial score (nSPS) is 17.0. The van der Waals surface area contributed by atoms with E-state index in [0.717, 1.165) is 23.4 Å². The summed E-state index contributed by atoms with van der Waals surface area (Å²) in [7, 11) is 0. The maximum Gasteiger partial charge on any atom is 0.264 e. The fraction of sp³-hybridized carbons (Fsp3) is 0.316. The van der Waals surface area contributed by atoms with Gasteiger partial charge in [0.05, 0.1) is 4.88 Å². The van der Waals surface area contributed by atoms with Gasteiger partial charge in [-0.15, -0.1) is 17.9 Å². The number of halogens is 1. The Balaban J connectivity index is 1.73. The average Bonchev–Trinajstić information content (AvgIpc) is 3.27. The van der Waals surface area contributed by atoms with Crippen LogP contribution in [0.3, 0.4) is 0 Å². The molecule has 1 saturated heterocycles. The molecule has 5 heteroatoms. The quantitative estimate of drug-likeness (QED) is 0.799. The third kappa shape index (κ3) is 3.91. The molecule has 3 nitrogen and oxygen atoms in total.